The maximum atomic E-state index is 5.85. The van der Waals surface area contributed by atoms with Gasteiger partial charge in [-0.25, -0.2) is 9.97 Å². The minimum Gasteiger partial charge on any atom is -0.384 e. The van der Waals surface area contributed by atoms with Gasteiger partial charge in [0.05, 0.1) is 6.10 Å². The number of rotatable bonds is 5. The summed E-state index contributed by atoms with van der Waals surface area (Å²) in [4.78, 5) is 11.1. The van der Waals surface area contributed by atoms with Crippen LogP contribution in [0.5, 0.6) is 0 Å². The van der Waals surface area contributed by atoms with Crippen LogP contribution in [0.25, 0.3) is 0 Å². The first-order valence-corrected chi connectivity index (χ1v) is 7.23. The third-order valence-electron chi connectivity index (χ3n) is 3.35. The Balaban J connectivity index is 2.06. The predicted octanol–water partition coefficient (Wildman–Crippen LogP) is 2.02. The molecule has 1 aliphatic heterocycles. The van der Waals surface area contributed by atoms with Crippen molar-refractivity contribution in [3.8, 4) is 0 Å². The van der Waals surface area contributed by atoms with Gasteiger partial charge in [-0.2, -0.15) is 0 Å². The lowest BCUT2D eigenvalue weighted by atomic mass is 10.1. The molecule has 0 radical (unpaired) electrons. The minimum absolute atomic E-state index is 0.315. The second-order valence-corrected chi connectivity index (χ2v) is 5.00. The smallest absolute Gasteiger partial charge is 0.134 e. The topological polar surface area (TPSA) is 64.3 Å². The third-order valence-corrected chi connectivity index (χ3v) is 3.35. The Labute approximate surface area is 115 Å². The zero-order valence-electron chi connectivity index (χ0n) is 11.9. The van der Waals surface area contributed by atoms with E-state index in [2.05, 4.69) is 21.8 Å². The van der Waals surface area contributed by atoms with Gasteiger partial charge in [0.25, 0.3) is 0 Å². The monoisotopic (exact) mass is 264 g/mol. The third kappa shape index (κ3) is 3.80. The first-order valence-electron chi connectivity index (χ1n) is 7.23. The number of hydrogen-bond donors (Lipinski definition) is 1. The molecule has 2 heterocycles. The molecule has 1 atom stereocenters. The number of aryl methyl sites for hydroxylation is 1. The normalized spacial score (nSPS) is 19.7. The molecule has 2 N–H and O–H groups in total. The molecule has 106 valence electrons. The maximum absolute atomic E-state index is 5.85. The summed E-state index contributed by atoms with van der Waals surface area (Å²) in [6.07, 6.45) is 4.46. The van der Waals surface area contributed by atoms with E-state index < -0.39 is 0 Å². The minimum atomic E-state index is 0.315. The fraction of sp³-hybridized carbons (Fsp3) is 0.714. The van der Waals surface area contributed by atoms with E-state index in [4.69, 9.17) is 10.5 Å². The van der Waals surface area contributed by atoms with E-state index in [0.29, 0.717) is 11.9 Å². The van der Waals surface area contributed by atoms with Crippen LogP contribution in [-0.2, 0) is 11.2 Å². The summed E-state index contributed by atoms with van der Waals surface area (Å²) in [5, 5.41) is 0. The molecular formula is C14H24N4O. The van der Waals surface area contributed by atoms with Gasteiger partial charge in [0.1, 0.15) is 17.5 Å². The van der Waals surface area contributed by atoms with Gasteiger partial charge in [0.2, 0.25) is 0 Å². The van der Waals surface area contributed by atoms with Crippen molar-refractivity contribution in [2.75, 3.05) is 30.3 Å². The summed E-state index contributed by atoms with van der Waals surface area (Å²) in [5.74, 6) is 2.30. The quantitative estimate of drug-likeness (QED) is 0.881. The summed E-state index contributed by atoms with van der Waals surface area (Å²) in [5.41, 5.74) is 5.85. The molecule has 0 bridgehead atoms. The van der Waals surface area contributed by atoms with E-state index in [1.54, 1.807) is 0 Å². The van der Waals surface area contributed by atoms with Crippen molar-refractivity contribution < 1.29 is 4.74 Å². The number of ether oxygens (including phenoxy) is 1. The fourth-order valence-electron chi connectivity index (χ4n) is 2.39. The van der Waals surface area contributed by atoms with E-state index in [1.165, 1.54) is 0 Å². The zero-order chi connectivity index (χ0) is 13.7. The molecule has 5 nitrogen and oxygen atoms in total. The Hall–Kier alpha value is -1.36. The second-order valence-electron chi connectivity index (χ2n) is 5.00. The SMILES string of the molecule is CCCOC1CCCN(c2cc(N)nc(CC)n2)C1. The summed E-state index contributed by atoms with van der Waals surface area (Å²) >= 11 is 0. The molecule has 1 aromatic heterocycles. The van der Waals surface area contributed by atoms with E-state index in [1.807, 2.05) is 13.0 Å². The van der Waals surface area contributed by atoms with Crippen LogP contribution in [0.2, 0.25) is 0 Å². The van der Waals surface area contributed by atoms with Gasteiger partial charge >= 0.3 is 0 Å². The second kappa shape index (κ2) is 6.70. The Morgan fingerprint density at radius 1 is 1.42 bits per heavy atom. The van der Waals surface area contributed by atoms with Gasteiger partial charge in [0, 0.05) is 32.2 Å². The molecule has 1 aromatic rings. The highest BCUT2D eigenvalue weighted by Gasteiger charge is 2.21. The van der Waals surface area contributed by atoms with E-state index in [9.17, 15) is 0 Å². The van der Waals surface area contributed by atoms with Crippen molar-refractivity contribution in [3.05, 3.63) is 11.9 Å². The molecule has 2 rings (SSSR count). The first kappa shape index (κ1) is 14.1. The molecule has 0 aliphatic carbocycles. The number of hydrogen-bond acceptors (Lipinski definition) is 5. The average Bonchev–Trinajstić information content (AvgIpc) is 2.44. The Kier molecular flexibility index (Phi) is 4.96. The summed E-state index contributed by atoms with van der Waals surface area (Å²) in [7, 11) is 0. The van der Waals surface area contributed by atoms with Gasteiger partial charge in [-0.05, 0) is 19.3 Å². The van der Waals surface area contributed by atoms with Crippen molar-refractivity contribution in [3.63, 3.8) is 0 Å². The summed E-state index contributed by atoms with van der Waals surface area (Å²) in [6.45, 7) is 6.94. The lowest BCUT2D eigenvalue weighted by molar-refractivity contribution is 0.0439. The molecule has 1 saturated heterocycles. The van der Waals surface area contributed by atoms with Crippen LogP contribution in [0, 0.1) is 0 Å². The molecule has 0 spiro atoms. The Bertz CT molecular complexity index is 410. The van der Waals surface area contributed by atoms with Crippen LogP contribution in [-0.4, -0.2) is 35.8 Å². The van der Waals surface area contributed by atoms with Crippen molar-refractivity contribution in [2.24, 2.45) is 0 Å². The van der Waals surface area contributed by atoms with Crippen LogP contribution < -0.4 is 10.6 Å². The van der Waals surface area contributed by atoms with Gasteiger partial charge in [-0.15, -0.1) is 0 Å². The molecule has 0 amide bonds. The number of nitrogens with two attached hydrogens (primary N) is 1. The molecule has 1 unspecified atom stereocenters. The zero-order valence-corrected chi connectivity index (χ0v) is 11.9. The Morgan fingerprint density at radius 2 is 2.26 bits per heavy atom. The molecule has 0 aromatic carbocycles. The van der Waals surface area contributed by atoms with Crippen LogP contribution >= 0.6 is 0 Å². The van der Waals surface area contributed by atoms with Crippen molar-refractivity contribution in [1.29, 1.82) is 0 Å². The number of nitrogens with zero attached hydrogens (tertiary/aromatic N) is 3. The standard InChI is InChI=1S/C14H24N4O/c1-3-8-19-11-6-5-7-18(10-11)14-9-12(15)16-13(4-2)17-14/h9,11H,3-8,10H2,1-2H3,(H2,15,16,17). The number of aromatic nitrogens is 2. The van der Waals surface area contributed by atoms with E-state index >= 15 is 0 Å². The first-order chi connectivity index (χ1) is 9.22. The predicted molar refractivity (Wildman–Crippen MR) is 77.3 cm³/mol. The van der Waals surface area contributed by atoms with E-state index in [-0.39, 0.29) is 0 Å². The molecule has 19 heavy (non-hydrogen) atoms. The van der Waals surface area contributed by atoms with Gasteiger partial charge < -0.3 is 15.4 Å². The highest BCUT2D eigenvalue weighted by molar-refractivity contribution is 5.47. The maximum Gasteiger partial charge on any atom is 0.134 e. The summed E-state index contributed by atoms with van der Waals surface area (Å²) in [6, 6.07) is 1.86. The van der Waals surface area contributed by atoms with Crippen LogP contribution in [0.15, 0.2) is 6.07 Å². The van der Waals surface area contributed by atoms with Crippen LogP contribution in [0.4, 0.5) is 11.6 Å². The highest BCUT2D eigenvalue weighted by atomic mass is 16.5. The number of nitrogen functional groups attached to an aromatic ring is 1. The Morgan fingerprint density at radius 3 is 3.00 bits per heavy atom. The van der Waals surface area contributed by atoms with Crippen LogP contribution in [0.3, 0.4) is 0 Å². The highest BCUT2D eigenvalue weighted by Crippen LogP contribution is 2.21. The number of piperidine rings is 1. The largest absolute Gasteiger partial charge is 0.384 e. The van der Waals surface area contributed by atoms with Crippen molar-refractivity contribution in [2.45, 2.75) is 45.6 Å². The fourth-order valence-corrected chi connectivity index (χ4v) is 2.39. The molecule has 0 saturated carbocycles. The molecular weight excluding hydrogens is 240 g/mol. The van der Waals surface area contributed by atoms with E-state index in [0.717, 1.165) is 57.0 Å². The summed E-state index contributed by atoms with van der Waals surface area (Å²) < 4.78 is 5.85. The lowest BCUT2D eigenvalue weighted by Crippen LogP contribution is -2.40. The van der Waals surface area contributed by atoms with Crippen molar-refractivity contribution in [1.82, 2.24) is 9.97 Å². The lowest BCUT2D eigenvalue weighted by Gasteiger charge is -2.33. The van der Waals surface area contributed by atoms with Gasteiger partial charge in [-0.3, -0.25) is 0 Å². The molecule has 1 aliphatic rings. The van der Waals surface area contributed by atoms with Crippen molar-refractivity contribution >= 4 is 11.6 Å². The van der Waals surface area contributed by atoms with Gasteiger partial charge in [-0.1, -0.05) is 13.8 Å². The van der Waals surface area contributed by atoms with Gasteiger partial charge in [0.15, 0.2) is 0 Å². The molecule has 5 heteroatoms. The number of anilines is 2. The molecule has 1 fully saturated rings. The average molecular weight is 264 g/mol. The van der Waals surface area contributed by atoms with Crippen LogP contribution in [0.1, 0.15) is 38.9 Å².